The van der Waals surface area contributed by atoms with E-state index in [1.165, 1.54) is 12.8 Å². The lowest BCUT2D eigenvalue weighted by molar-refractivity contribution is 0.00466. The first-order valence-electron chi connectivity index (χ1n) is 8.36. The fourth-order valence-corrected chi connectivity index (χ4v) is 4.23. The quantitative estimate of drug-likeness (QED) is 0.774. The van der Waals surface area contributed by atoms with Gasteiger partial charge in [0, 0.05) is 31.7 Å². The second-order valence-corrected chi connectivity index (χ2v) is 8.07. The Morgan fingerprint density at radius 1 is 1.09 bits per heavy atom. The third-order valence-corrected chi connectivity index (χ3v) is 5.01. The van der Waals surface area contributed by atoms with Crippen molar-refractivity contribution in [1.82, 2.24) is 14.7 Å². The highest BCUT2D eigenvalue weighted by Gasteiger charge is 2.48. The minimum Gasteiger partial charge on any atom is -0.444 e. The van der Waals surface area contributed by atoms with Gasteiger partial charge in [0.15, 0.2) is 0 Å². The number of ether oxygens (including phenoxy) is 1. The summed E-state index contributed by atoms with van der Waals surface area (Å²) in [5.41, 5.74) is -0.493. The fourth-order valence-electron chi connectivity index (χ4n) is 4.23. The summed E-state index contributed by atoms with van der Waals surface area (Å²) in [4.78, 5) is 18.8. The van der Waals surface area contributed by atoms with Crippen LogP contribution < -0.4 is 0 Å². The molecule has 0 aliphatic carbocycles. The molecule has 3 heterocycles. The fraction of sp³-hybridized carbons (Fsp3) is 0.938. The van der Waals surface area contributed by atoms with Gasteiger partial charge < -0.3 is 19.6 Å². The summed E-state index contributed by atoms with van der Waals surface area (Å²) in [5, 5.41) is 10.5. The topological polar surface area (TPSA) is 56.2 Å². The normalized spacial score (nSPS) is 36.9. The molecule has 3 fully saturated rings. The van der Waals surface area contributed by atoms with E-state index in [1.807, 2.05) is 20.8 Å². The van der Waals surface area contributed by atoms with Gasteiger partial charge in [-0.25, -0.2) is 4.79 Å². The number of nitrogens with zero attached hydrogens (tertiary/aromatic N) is 3. The number of likely N-dealkylation sites (tertiary alicyclic amines) is 2. The van der Waals surface area contributed by atoms with Crippen molar-refractivity contribution in [3.05, 3.63) is 0 Å². The van der Waals surface area contributed by atoms with Crippen LogP contribution in [0.25, 0.3) is 0 Å². The van der Waals surface area contributed by atoms with Crippen LogP contribution in [0.15, 0.2) is 0 Å². The van der Waals surface area contributed by atoms with Crippen molar-refractivity contribution in [2.24, 2.45) is 0 Å². The number of piperazine rings is 1. The highest BCUT2D eigenvalue weighted by molar-refractivity contribution is 5.68. The Morgan fingerprint density at radius 2 is 1.68 bits per heavy atom. The third kappa shape index (κ3) is 3.09. The molecular formula is C16H29N3O3. The van der Waals surface area contributed by atoms with Crippen LogP contribution in [0.5, 0.6) is 0 Å². The van der Waals surface area contributed by atoms with Crippen LogP contribution in [0.3, 0.4) is 0 Å². The van der Waals surface area contributed by atoms with Gasteiger partial charge >= 0.3 is 6.09 Å². The van der Waals surface area contributed by atoms with Gasteiger partial charge in [0.25, 0.3) is 0 Å². The van der Waals surface area contributed by atoms with Gasteiger partial charge in [-0.1, -0.05) is 0 Å². The van der Waals surface area contributed by atoms with E-state index in [4.69, 9.17) is 4.74 Å². The van der Waals surface area contributed by atoms with Gasteiger partial charge in [0.05, 0.1) is 18.7 Å². The number of β-amino-alcohol motifs (C(OH)–C–C–N with tert-alkyl or cyclic N) is 1. The van der Waals surface area contributed by atoms with Gasteiger partial charge in [-0.05, 0) is 40.7 Å². The van der Waals surface area contributed by atoms with E-state index >= 15 is 0 Å². The summed E-state index contributed by atoms with van der Waals surface area (Å²) in [5.74, 6) is 0. The second kappa shape index (κ2) is 5.65. The highest BCUT2D eigenvalue weighted by Crippen LogP contribution is 2.34. The smallest absolute Gasteiger partial charge is 0.410 e. The minimum absolute atomic E-state index is 0.0544. The number of hydrogen-bond donors (Lipinski definition) is 1. The highest BCUT2D eigenvalue weighted by atomic mass is 16.6. The van der Waals surface area contributed by atoms with Crippen LogP contribution in [0.4, 0.5) is 4.79 Å². The first-order valence-corrected chi connectivity index (χ1v) is 8.36. The number of fused-ring (bicyclic) bond motifs is 2. The monoisotopic (exact) mass is 311 g/mol. The molecule has 6 nitrogen and oxygen atoms in total. The maximum absolute atomic E-state index is 12.2. The van der Waals surface area contributed by atoms with Crippen molar-refractivity contribution < 1.29 is 14.6 Å². The zero-order chi connectivity index (χ0) is 16.1. The van der Waals surface area contributed by atoms with E-state index in [-0.39, 0.29) is 12.1 Å². The summed E-state index contributed by atoms with van der Waals surface area (Å²) >= 11 is 0. The van der Waals surface area contributed by atoms with Crippen LogP contribution in [0, 0.1) is 0 Å². The van der Waals surface area contributed by atoms with E-state index in [9.17, 15) is 9.90 Å². The average molecular weight is 311 g/mol. The molecule has 3 aliphatic rings. The van der Waals surface area contributed by atoms with Gasteiger partial charge in [0.1, 0.15) is 5.60 Å². The SMILES string of the molecule is CN1CC2CCC(C1)N2C1CN(C(=O)OC(C)(C)C)CC1O. The largest absolute Gasteiger partial charge is 0.444 e. The van der Waals surface area contributed by atoms with Crippen molar-refractivity contribution in [2.75, 3.05) is 33.2 Å². The van der Waals surface area contributed by atoms with E-state index < -0.39 is 11.7 Å². The zero-order valence-corrected chi connectivity index (χ0v) is 14.2. The molecule has 0 radical (unpaired) electrons. The molecule has 1 amide bonds. The Hall–Kier alpha value is -0.850. The van der Waals surface area contributed by atoms with Crippen LogP contribution in [-0.4, -0.2) is 89.0 Å². The molecule has 3 saturated heterocycles. The van der Waals surface area contributed by atoms with Crippen molar-refractivity contribution in [3.63, 3.8) is 0 Å². The summed E-state index contributed by atoms with van der Waals surface area (Å²) < 4.78 is 5.44. The maximum atomic E-state index is 12.2. The molecule has 126 valence electrons. The van der Waals surface area contributed by atoms with Crippen molar-refractivity contribution in [3.8, 4) is 0 Å². The van der Waals surface area contributed by atoms with E-state index in [0.29, 0.717) is 25.2 Å². The zero-order valence-electron chi connectivity index (χ0n) is 14.2. The lowest BCUT2D eigenvalue weighted by Crippen LogP contribution is -2.59. The van der Waals surface area contributed by atoms with Crippen molar-refractivity contribution in [1.29, 1.82) is 0 Å². The lowest BCUT2D eigenvalue weighted by atomic mass is 10.1. The first kappa shape index (κ1) is 16.0. The van der Waals surface area contributed by atoms with E-state index in [2.05, 4.69) is 16.8 Å². The Kier molecular flexibility index (Phi) is 4.12. The molecule has 0 saturated carbocycles. The Labute approximate surface area is 133 Å². The second-order valence-electron chi connectivity index (χ2n) is 8.07. The number of hydrogen-bond acceptors (Lipinski definition) is 5. The number of likely N-dealkylation sites (N-methyl/N-ethyl adjacent to an activating group) is 1. The summed E-state index contributed by atoms with van der Waals surface area (Å²) in [6, 6.07) is 1.09. The molecule has 4 atom stereocenters. The number of aliphatic hydroxyl groups excluding tert-OH is 1. The third-order valence-electron chi connectivity index (χ3n) is 5.01. The standard InChI is InChI=1S/C16H29N3O3/c1-16(2,3)22-15(21)18-9-13(14(20)10-18)19-11-5-6-12(19)8-17(4)7-11/h11-14,20H,5-10H2,1-4H3. The molecule has 0 spiro atoms. The minimum atomic E-state index is -0.493. The molecule has 22 heavy (non-hydrogen) atoms. The van der Waals surface area contributed by atoms with Gasteiger partial charge in [-0.3, -0.25) is 4.90 Å². The van der Waals surface area contributed by atoms with E-state index in [0.717, 1.165) is 13.1 Å². The van der Waals surface area contributed by atoms with Gasteiger partial charge in [0.2, 0.25) is 0 Å². The van der Waals surface area contributed by atoms with Crippen LogP contribution >= 0.6 is 0 Å². The molecule has 2 bridgehead atoms. The molecular weight excluding hydrogens is 282 g/mol. The predicted octanol–water partition coefficient (Wildman–Crippen LogP) is 0.745. The number of carbonyl (C=O) groups excluding carboxylic acids is 1. The van der Waals surface area contributed by atoms with Crippen molar-refractivity contribution in [2.45, 2.75) is 63.4 Å². The Bertz CT molecular complexity index is 423. The number of aliphatic hydroxyl groups is 1. The first-order chi connectivity index (χ1) is 10.2. The molecule has 1 N–H and O–H groups in total. The molecule has 0 aromatic rings. The van der Waals surface area contributed by atoms with Gasteiger partial charge in [-0.15, -0.1) is 0 Å². The molecule has 3 rings (SSSR count). The molecule has 6 heteroatoms. The van der Waals surface area contributed by atoms with Crippen molar-refractivity contribution >= 4 is 6.09 Å². The van der Waals surface area contributed by atoms with Crippen LogP contribution in [-0.2, 0) is 4.74 Å². The average Bonchev–Trinajstić information content (AvgIpc) is 2.86. The molecule has 0 aromatic carbocycles. The summed E-state index contributed by atoms with van der Waals surface area (Å²) in [7, 11) is 2.17. The number of amides is 1. The molecule has 4 unspecified atom stereocenters. The maximum Gasteiger partial charge on any atom is 0.410 e. The van der Waals surface area contributed by atoms with Crippen LogP contribution in [0.1, 0.15) is 33.6 Å². The molecule has 3 aliphatic heterocycles. The van der Waals surface area contributed by atoms with Crippen LogP contribution in [0.2, 0.25) is 0 Å². The van der Waals surface area contributed by atoms with E-state index in [1.54, 1.807) is 4.90 Å². The number of rotatable bonds is 1. The van der Waals surface area contributed by atoms with Gasteiger partial charge in [-0.2, -0.15) is 0 Å². The molecule has 0 aromatic heterocycles. The Morgan fingerprint density at radius 3 is 2.23 bits per heavy atom. The Balaban J connectivity index is 1.66. The lowest BCUT2D eigenvalue weighted by Gasteiger charge is -2.43. The predicted molar refractivity (Wildman–Crippen MR) is 83.7 cm³/mol. The summed E-state index contributed by atoms with van der Waals surface area (Å²) in [6.45, 7) is 8.69. The number of carbonyl (C=O) groups is 1. The summed E-state index contributed by atoms with van der Waals surface area (Å²) in [6.07, 6.45) is 1.62.